The van der Waals surface area contributed by atoms with Gasteiger partial charge in [-0.15, -0.1) is 0 Å². The monoisotopic (exact) mass is 677 g/mol. The summed E-state index contributed by atoms with van der Waals surface area (Å²) in [6.45, 7) is 0. The molecule has 0 amide bonds. The van der Waals surface area contributed by atoms with Gasteiger partial charge in [-0.1, -0.05) is 133 Å². The second-order valence-electron chi connectivity index (χ2n) is 13.2. The maximum absolute atomic E-state index is 4.94. The van der Waals surface area contributed by atoms with Gasteiger partial charge in [0.25, 0.3) is 0 Å². The Hall–Kier alpha value is -7.24. The number of benzene rings is 7. The number of aromatic nitrogens is 5. The molecule has 3 heterocycles. The molecule has 5 heteroatoms. The predicted octanol–water partition coefficient (Wildman–Crippen LogP) is 11.9. The van der Waals surface area contributed by atoms with Crippen LogP contribution in [0.3, 0.4) is 0 Å². The Balaban J connectivity index is 0.999. The molecule has 7 aromatic carbocycles. The Labute approximate surface area is 306 Å². The van der Waals surface area contributed by atoms with Crippen LogP contribution in [-0.2, 0) is 0 Å². The summed E-state index contributed by atoms with van der Waals surface area (Å²) in [6, 6.07) is 63.3. The largest absolute Gasteiger partial charge is 0.309 e. The van der Waals surface area contributed by atoms with E-state index in [1.54, 1.807) is 0 Å². The van der Waals surface area contributed by atoms with Crippen molar-refractivity contribution in [3.63, 3.8) is 0 Å². The van der Waals surface area contributed by atoms with Crippen LogP contribution in [0.15, 0.2) is 188 Å². The first-order valence-corrected chi connectivity index (χ1v) is 17.7. The lowest BCUT2D eigenvalue weighted by molar-refractivity contribution is 1.07. The summed E-state index contributed by atoms with van der Waals surface area (Å²) in [6.07, 6.45) is 1.94. The Morgan fingerprint density at radius 3 is 1.47 bits per heavy atom. The molecule has 0 radical (unpaired) electrons. The lowest BCUT2D eigenvalue weighted by Crippen LogP contribution is -2.00. The van der Waals surface area contributed by atoms with Crippen molar-refractivity contribution in [2.75, 3.05) is 0 Å². The van der Waals surface area contributed by atoms with Gasteiger partial charge in [-0.25, -0.2) is 15.0 Å². The molecule has 0 aliphatic carbocycles. The number of fused-ring (bicyclic) bond motifs is 4. The van der Waals surface area contributed by atoms with E-state index in [-0.39, 0.29) is 0 Å². The molecule has 10 rings (SSSR count). The topological polar surface area (TPSA) is 56.5 Å². The first-order chi connectivity index (χ1) is 26.2. The number of para-hydroxylation sites is 2. The molecule has 0 unspecified atom stereocenters. The van der Waals surface area contributed by atoms with Gasteiger partial charge in [-0.2, -0.15) is 0 Å². The average Bonchev–Trinajstić information content (AvgIpc) is 3.58. The Kier molecular flexibility index (Phi) is 7.40. The highest BCUT2D eigenvalue weighted by atomic mass is 15.0. The first-order valence-electron chi connectivity index (χ1n) is 17.7. The molecule has 0 fully saturated rings. The third kappa shape index (κ3) is 5.61. The van der Waals surface area contributed by atoms with Crippen LogP contribution in [-0.4, -0.2) is 24.5 Å². The van der Waals surface area contributed by atoms with Crippen molar-refractivity contribution >= 4 is 32.7 Å². The number of rotatable bonds is 6. The molecule has 3 aromatic heterocycles. The van der Waals surface area contributed by atoms with Crippen LogP contribution in [0.25, 0.3) is 94.8 Å². The number of hydrogen-bond donors (Lipinski definition) is 0. The third-order valence-corrected chi connectivity index (χ3v) is 9.87. The number of hydrogen-bond acceptors (Lipinski definition) is 4. The van der Waals surface area contributed by atoms with Crippen molar-refractivity contribution in [2.45, 2.75) is 0 Å². The highest BCUT2D eigenvalue weighted by Crippen LogP contribution is 2.34. The molecular weight excluding hydrogens is 647 g/mol. The highest BCUT2D eigenvalue weighted by Gasteiger charge is 2.14. The van der Waals surface area contributed by atoms with Gasteiger partial charge in [0.2, 0.25) is 0 Å². The van der Waals surface area contributed by atoms with Crippen molar-refractivity contribution < 1.29 is 0 Å². The van der Waals surface area contributed by atoms with Gasteiger partial charge in [0, 0.05) is 50.3 Å². The maximum atomic E-state index is 4.94. The number of pyridine rings is 1. The molecule has 248 valence electrons. The van der Waals surface area contributed by atoms with Gasteiger partial charge in [0.1, 0.15) is 0 Å². The zero-order valence-corrected chi connectivity index (χ0v) is 28.6. The van der Waals surface area contributed by atoms with Crippen LogP contribution >= 0.6 is 0 Å². The smallest absolute Gasteiger partial charge is 0.164 e. The summed E-state index contributed by atoms with van der Waals surface area (Å²) in [5.74, 6) is 1.91. The molecule has 0 spiro atoms. The van der Waals surface area contributed by atoms with E-state index in [2.05, 4.69) is 126 Å². The second kappa shape index (κ2) is 12.8. The van der Waals surface area contributed by atoms with E-state index in [9.17, 15) is 0 Å². The van der Waals surface area contributed by atoms with Gasteiger partial charge in [-0.05, 0) is 65.2 Å². The fourth-order valence-corrected chi connectivity index (χ4v) is 7.25. The molecular formula is C48H31N5. The molecule has 5 nitrogen and oxygen atoms in total. The van der Waals surface area contributed by atoms with Gasteiger partial charge < -0.3 is 4.57 Å². The summed E-state index contributed by atoms with van der Waals surface area (Å²) >= 11 is 0. The van der Waals surface area contributed by atoms with Crippen molar-refractivity contribution in [1.82, 2.24) is 24.5 Å². The SMILES string of the molecule is c1ccc(-c2nc(-c3ccccc3)nc(-c3cccc(-c4cnc5ccc(-c6ccc(-n7c8ccccc8c8ccccc87)cc6)cc5c4)c3)n2)cc1. The van der Waals surface area contributed by atoms with E-state index in [0.29, 0.717) is 17.5 Å². The van der Waals surface area contributed by atoms with E-state index in [4.69, 9.17) is 19.9 Å². The minimum atomic E-state index is 0.625. The quantitative estimate of drug-likeness (QED) is 0.176. The summed E-state index contributed by atoms with van der Waals surface area (Å²) in [4.78, 5) is 19.6. The molecule has 10 aromatic rings. The Morgan fingerprint density at radius 2 is 0.830 bits per heavy atom. The molecule has 0 aliphatic rings. The van der Waals surface area contributed by atoms with Crippen LogP contribution in [0.5, 0.6) is 0 Å². The zero-order chi connectivity index (χ0) is 35.1. The van der Waals surface area contributed by atoms with E-state index >= 15 is 0 Å². The molecule has 0 N–H and O–H groups in total. The molecule has 53 heavy (non-hydrogen) atoms. The van der Waals surface area contributed by atoms with Crippen molar-refractivity contribution in [3.8, 4) is 62.1 Å². The summed E-state index contributed by atoms with van der Waals surface area (Å²) in [7, 11) is 0. The predicted molar refractivity (Wildman–Crippen MR) is 217 cm³/mol. The molecule has 0 bridgehead atoms. The fraction of sp³-hybridized carbons (Fsp3) is 0. The minimum absolute atomic E-state index is 0.625. The van der Waals surface area contributed by atoms with Gasteiger partial charge in [-0.3, -0.25) is 4.98 Å². The molecule has 0 saturated heterocycles. The summed E-state index contributed by atoms with van der Waals surface area (Å²) < 4.78 is 2.35. The van der Waals surface area contributed by atoms with Gasteiger partial charge >= 0.3 is 0 Å². The molecule has 0 saturated carbocycles. The number of nitrogens with zero attached hydrogens (tertiary/aromatic N) is 5. The zero-order valence-electron chi connectivity index (χ0n) is 28.6. The Morgan fingerprint density at radius 1 is 0.340 bits per heavy atom. The molecule has 0 aliphatic heterocycles. The lowest BCUT2D eigenvalue weighted by Gasteiger charge is -2.11. The Bertz CT molecular complexity index is 2820. The lowest BCUT2D eigenvalue weighted by atomic mass is 9.99. The third-order valence-electron chi connectivity index (χ3n) is 9.87. The minimum Gasteiger partial charge on any atom is -0.309 e. The van der Waals surface area contributed by atoms with Crippen LogP contribution in [0, 0.1) is 0 Å². The van der Waals surface area contributed by atoms with Gasteiger partial charge in [0.05, 0.1) is 16.6 Å². The highest BCUT2D eigenvalue weighted by molar-refractivity contribution is 6.09. The normalized spacial score (nSPS) is 11.4. The fourth-order valence-electron chi connectivity index (χ4n) is 7.25. The molecule has 0 atom stereocenters. The van der Waals surface area contributed by atoms with Gasteiger partial charge in [0.15, 0.2) is 17.5 Å². The van der Waals surface area contributed by atoms with Crippen LogP contribution in [0.4, 0.5) is 0 Å². The standard InChI is InChI=1S/C48H31N5/c1-3-12-33(13-4-1)46-50-47(34-14-5-2-6-15-34)52-48(51-46)37-17-11-16-35(28-37)39-30-38-29-36(24-27-43(38)49-31-39)32-22-25-40(26-23-32)53-44-20-9-7-18-41(44)42-19-8-10-21-45(42)53/h1-31H. The first kappa shape index (κ1) is 30.6. The van der Waals surface area contributed by atoms with E-state index in [0.717, 1.165) is 55.5 Å². The van der Waals surface area contributed by atoms with Crippen molar-refractivity contribution in [1.29, 1.82) is 0 Å². The van der Waals surface area contributed by atoms with Crippen molar-refractivity contribution in [2.24, 2.45) is 0 Å². The van der Waals surface area contributed by atoms with E-state index < -0.39 is 0 Å². The summed E-state index contributed by atoms with van der Waals surface area (Å²) in [5.41, 5.74) is 11.7. The summed E-state index contributed by atoms with van der Waals surface area (Å²) in [5, 5.41) is 3.60. The van der Waals surface area contributed by atoms with Crippen LogP contribution in [0.1, 0.15) is 0 Å². The second-order valence-corrected chi connectivity index (χ2v) is 13.2. The van der Waals surface area contributed by atoms with Crippen LogP contribution < -0.4 is 0 Å². The van der Waals surface area contributed by atoms with Crippen LogP contribution in [0.2, 0.25) is 0 Å². The van der Waals surface area contributed by atoms with E-state index in [1.807, 2.05) is 66.9 Å². The average molecular weight is 678 g/mol. The maximum Gasteiger partial charge on any atom is 0.164 e. The van der Waals surface area contributed by atoms with Crippen molar-refractivity contribution in [3.05, 3.63) is 188 Å². The van der Waals surface area contributed by atoms with E-state index in [1.165, 1.54) is 21.8 Å².